The number of halogens is 1. The number of hydrogen-bond acceptors (Lipinski definition) is 6. The van der Waals surface area contributed by atoms with Crippen LogP contribution in [0.15, 0.2) is 42.9 Å². The molecule has 1 N–H and O–H groups in total. The fourth-order valence-electron chi connectivity index (χ4n) is 3.35. The van der Waals surface area contributed by atoms with Gasteiger partial charge in [0.2, 0.25) is 0 Å². The third-order valence-corrected chi connectivity index (χ3v) is 5.16. The third kappa shape index (κ3) is 4.22. The molecule has 0 saturated carbocycles. The number of benzene rings is 1. The van der Waals surface area contributed by atoms with E-state index in [1.165, 1.54) is 12.1 Å². The predicted octanol–water partition coefficient (Wildman–Crippen LogP) is 3.70. The first-order valence-electron chi connectivity index (χ1n) is 10.2. The number of anilines is 1. The largest absolute Gasteiger partial charge is 0.380 e. The molecule has 1 unspecified atom stereocenters. The second-order valence-corrected chi connectivity index (χ2v) is 7.78. The summed E-state index contributed by atoms with van der Waals surface area (Å²) in [5, 5.41) is 15.6. The Morgan fingerprint density at radius 1 is 1.25 bits per heavy atom. The summed E-state index contributed by atoms with van der Waals surface area (Å²) in [4.78, 5) is 17.3. The number of carbonyl (C=O) groups is 1. The van der Waals surface area contributed by atoms with Gasteiger partial charge in [0.25, 0.3) is 5.91 Å². The first-order valence-corrected chi connectivity index (χ1v) is 10.2. The molecule has 9 nitrogen and oxygen atoms in total. The lowest BCUT2D eigenvalue weighted by molar-refractivity contribution is 0.101. The quantitative estimate of drug-likeness (QED) is 0.473. The Morgan fingerprint density at radius 3 is 2.81 bits per heavy atom. The average Bonchev–Trinajstić information content (AvgIpc) is 3.40. The summed E-state index contributed by atoms with van der Waals surface area (Å²) in [5.41, 5.74) is 1.10. The third-order valence-electron chi connectivity index (χ3n) is 5.16. The van der Waals surface area contributed by atoms with Gasteiger partial charge < -0.3 is 14.6 Å². The van der Waals surface area contributed by atoms with Gasteiger partial charge in [-0.2, -0.15) is 5.10 Å². The summed E-state index contributed by atoms with van der Waals surface area (Å²) < 4.78 is 23.5. The molecule has 0 fully saturated rings. The lowest BCUT2D eigenvalue weighted by Gasteiger charge is -2.12. The number of nitrogens with zero attached hydrogens (tertiary/aromatic N) is 6. The maximum atomic E-state index is 14.7. The van der Waals surface area contributed by atoms with Crippen LogP contribution in [0, 0.1) is 5.82 Å². The second-order valence-electron chi connectivity index (χ2n) is 7.78. The van der Waals surface area contributed by atoms with E-state index in [9.17, 15) is 9.18 Å². The first-order chi connectivity index (χ1) is 15.4. The van der Waals surface area contributed by atoms with E-state index in [0.717, 1.165) is 0 Å². The Hall–Kier alpha value is -3.66. The van der Waals surface area contributed by atoms with Gasteiger partial charge in [0.1, 0.15) is 23.7 Å². The maximum absolute atomic E-state index is 14.7. The van der Waals surface area contributed by atoms with Gasteiger partial charge in [0.05, 0.1) is 29.9 Å². The number of methoxy groups -OCH3 is 1. The molecule has 3 heterocycles. The van der Waals surface area contributed by atoms with Crippen molar-refractivity contribution in [2.24, 2.45) is 0 Å². The molecule has 1 aromatic carbocycles. The summed E-state index contributed by atoms with van der Waals surface area (Å²) in [7, 11) is 1.61. The van der Waals surface area contributed by atoms with Crippen LogP contribution in [-0.2, 0) is 11.3 Å². The molecule has 0 spiro atoms. The number of fused-ring (bicyclic) bond motifs is 1. The fourth-order valence-corrected chi connectivity index (χ4v) is 3.35. The highest BCUT2D eigenvalue weighted by Crippen LogP contribution is 2.22. The summed E-state index contributed by atoms with van der Waals surface area (Å²) in [6.07, 6.45) is 3.11. The SMILES string of the molecule is COC(C)Cn1ncc2cc(F)c(C(=O)Nc3cccc(-c4nncn4C(C)C)n3)cc21. The second kappa shape index (κ2) is 8.83. The highest BCUT2D eigenvalue weighted by atomic mass is 19.1. The zero-order valence-corrected chi connectivity index (χ0v) is 18.3. The van der Waals surface area contributed by atoms with Crippen molar-refractivity contribution < 1.29 is 13.9 Å². The van der Waals surface area contributed by atoms with E-state index in [1.807, 2.05) is 25.3 Å². The molecule has 0 saturated heterocycles. The van der Waals surface area contributed by atoms with Crippen LogP contribution in [0.25, 0.3) is 22.4 Å². The van der Waals surface area contributed by atoms with Crippen LogP contribution in [0.2, 0.25) is 0 Å². The summed E-state index contributed by atoms with van der Waals surface area (Å²) in [6, 6.07) is 8.11. The lowest BCUT2D eigenvalue weighted by atomic mass is 10.1. The highest BCUT2D eigenvalue weighted by molar-refractivity contribution is 6.06. The zero-order chi connectivity index (χ0) is 22.8. The summed E-state index contributed by atoms with van der Waals surface area (Å²) in [5.74, 6) is -0.372. The van der Waals surface area contributed by atoms with Gasteiger partial charge in [0, 0.05) is 18.5 Å². The Bertz CT molecular complexity index is 1260. The number of aromatic nitrogens is 6. The number of amides is 1. The van der Waals surface area contributed by atoms with Crippen molar-refractivity contribution >= 4 is 22.6 Å². The first kappa shape index (κ1) is 21.6. The molecule has 0 aliphatic carbocycles. The number of rotatable bonds is 7. The van der Waals surface area contributed by atoms with E-state index in [4.69, 9.17) is 4.74 Å². The monoisotopic (exact) mass is 437 g/mol. The zero-order valence-electron chi connectivity index (χ0n) is 18.3. The summed E-state index contributed by atoms with van der Waals surface area (Å²) >= 11 is 0. The standard InChI is InChI=1S/C22H24FN7O2/c1-13(2)29-12-24-28-21(29)18-6-5-7-20(26-18)27-22(31)16-9-19-15(8-17(16)23)10-25-30(19)11-14(3)32-4/h5-10,12-14H,11H2,1-4H3,(H,26,27,31). The molecule has 1 atom stereocenters. The van der Waals surface area contributed by atoms with Crippen LogP contribution < -0.4 is 5.32 Å². The van der Waals surface area contributed by atoms with Crippen LogP contribution >= 0.6 is 0 Å². The molecular formula is C22H24FN7O2. The van der Waals surface area contributed by atoms with E-state index in [0.29, 0.717) is 29.0 Å². The Kier molecular flexibility index (Phi) is 5.95. The number of pyridine rings is 1. The fraction of sp³-hybridized carbons (Fsp3) is 0.318. The minimum absolute atomic E-state index is 0.0831. The molecule has 166 valence electrons. The minimum atomic E-state index is -0.634. The van der Waals surface area contributed by atoms with Gasteiger partial charge in [-0.3, -0.25) is 9.48 Å². The highest BCUT2D eigenvalue weighted by Gasteiger charge is 2.18. The van der Waals surface area contributed by atoms with Gasteiger partial charge in [-0.05, 0) is 45.0 Å². The van der Waals surface area contributed by atoms with Gasteiger partial charge >= 0.3 is 0 Å². The Labute approximate surface area is 184 Å². The molecule has 4 rings (SSSR count). The van der Waals surface area contributed by atoms with E-state index >= 15 is 0 Å². The van der Waals surface area contributed by atoms with E-state index in [-0.39, 0.29) is 23.5 Å². The normalized spacial score (nSPS) is 12.4. The van der Waals surface area contributed by atoms with Gasteiger partial charge in [0.15, 0.2) is 5.82 Å². The van der Waals surface area contributed by atoms with Crippen LogP contribution in [0.4, 0.5) is 10.2 Å². The number of hydrogen-bond donors (Lipinski definition) is 1. The minimum Gasteiger partial charge on any atom is -0.380 e. The van der Waals surface area contributed by atoms with Crippen molar-refractivity contribution in [1.29, 1.82) is 0 Å². The van der Waals surface area contributed by atoms with Gasteiger partial charge in [-0.15, -0.1) is 10.2 Å². The molecule has 4 aromatic rings. The lowest BCUT2D eigenvalue weighted by Crippen LogP contribution is -2.17. The molecule has 0 aliphatic heterocycles. The van der Waals surface area contributed by atoms with Crippen LogP contribution in [0.1, 0.15) is 37.2 Å². The van der Waals surface area contributed by atoms with Crippen LogP contribution in [0.5, 0.6) is 0 Å². The van der Waals surface area contributed by atoms with Crippen molar-refractivity contribution in [2.75, 3.05) is 12.4 Å². The molecule has 0 radical (unpaired) electrons. The Balaban J connectivity index is 1.62. The number of ether oxygens (including phenoxy) is 1. The van der Waals surface area contributed by atoms with Crippen molar-refractivity contribution in [1.82, 2.24) is 29.5 Å². The van der Waals surface area contributed by atoms with E-state index in [1.54, 1.807) is 42.5 Å². The Morgan fingerprint density at radius 2 is 2.06 bits per heavy atom. The van der Waals surface area contributed by atoms with Crippen molar-refractivity contribution in [3.8, 4) is 11.5 Å². The molecule has 0 bridgehead atoms. The molecule has 3 aromatic heterocycles. The average molecular weight is 437 g/mol. The summed E-state index contributed by atoms with van der Waals surface area (Å²) in [6.45, 7) is 6.40. The maximum Gasteiger partial charge on any atom is 0.259 e. The topological polar surface area (TPSA) is 99.8 Å². The molecule has 32 heavy (non-hydrogen) atoms. The number of carbonyl (C=O) groups excluding carboxylic acids is 1. The van der Waals surface area contributed by atoms with Gasteiger partial charge in [-0.25, -0.2) is 9.37 Å². The number of nitrogens with one attached hydrogen (secondary N) is 1. The molecule has 10 heteroatoms. The van der Waals surface area contributed by atoms with Gasteiger partial charge in [-0.1, -0.05) is 6.07 Å². The van der Waals surface area contributed by atoms with Crippen molar-refractivity contribution in [3.05, 3.63) is 54.2 Å². The molecule has 0 aliphatic rings. The van der Waals surface area contributed by atoms with E-state index in [2.05, 4.69) is 25.6 Å². The van der Waals surface area contributed by atoms with Crippen LogP contribution in [-0.4, -0.2) is 48.6 Å². The smallest absolute Gasteiger partial charge is 0.259 e. The van der Waals surface area contributed by atoms with Crippen molar-refractivity contribution in [2.45, 2.75) is 39.5 Å². The molecule has 1 amide bonds. The predicted molar refractivity (Wildman–Crippen MR) is 118 cm³/mol. The molecular weight excluding hydrogens is 413 g/mol. The van der Waals surface area contributed by atoms with E-state index < -0.39 is 11.7 Å². The van der Waals surface area contributed by atoms with Crippen LogP contribution in [0.3, 0.4) is 0 Å². The van der Waals surface area contributed by atoms with Crippen molar-refractivity contribution in [3.63, 3.8) is 0 Å².